The summed E-state index contributed by atoms with van der Waals surface area (Å²) < 4.78 is 5.21. The number of amides is 2. The number of halogens is 1. The van der Waals surface area contributed by atoms with Gasteiger partial charge in [-0.25, -0.2) is 0 Å². The van der Waals surface area contributed by atoms with Gasteiger partial charge in [-0.15, -0.1) is 12.4 Å². The van der Waals surface area contributed by atoms with E-state index in [1.807, 2.05) is 34.1 Å². The number of piperazine rings is 1. The molecule has 0 bridgehead atoms. The molecular formula is C20H30ClN3O3. The second-order valence-electron chi connectivity index (χ2n) is 7.42. The first kappa shape index (κ1) is 21.5. The summed E-state index contributed by atoms with van der Waals surface area (Å²) in [7, 11) is 1.62. The van der Waals surface area contributed by atoms with Crippen LogP contribution in [0.5, 0.6) is 5.75 Å². The van der Waals surface area contributed by atoms with E-state index in [9.17, 15) is 9.59 Å². The predicted octanol–water partition coefficient (Wildman–Crippen LogP) is 1.99. The minimum absolute atomic E-state index is 0. The lowest BCUT2D eigenvalue weighted by atomic mass is 9.81. The molecule has 1 saturated heterocycles. The van der Waals surface area contributed by atoms with E-state index >= 15 is 0 Å². The zero-order valence-corrected chi connectivity index (χ0v) is 16.8. The highest BCUT2D eigenvalue weighted by molar-refractivity contribution is 5.87. The molecule has 150 valence electrons. The molecule has 3 rings (SSSR count). The molecule has 7 heteroatoms. The molecule has 1 aliphatic carbocycles. The van der Waals surface area contributed by atoms with Crippen LogP contribution in [0, 0.1) is 0 Å². The molecule has 2 amide bonds. The highest BCUT2D eigenvalue weighted by Gasteiger charge is 2.39. The third-order valence-corrected chi connectivity index (χ3v) is 5.58. The lowest BCUT2D eigenvalue weighted by Crippen LogP contribution is -2.60. The summed E-state index contributed by atoms with van der Waals surface area (Å²) in [6.45, 7) is 2.29. The molecule has 27 heavy (non-hydrogen) atoms. The summed E-state index contributed by atoms with van der Waals surface area (Å²) in [4.78, 5) is 29.1. The largest absolute Gasteiger partial charge is 0.497 e. The first-order valence-corrected chi connectivity index (χ1v) is 9.51. The zero-order valence-electron chi connectivity index (χ0n) is 16.0. The van der Waals surface area contributed by atoms with E-state index in [2.05, 4.69) is 0 Å². The molecule has 1 aromatic carbocycles. The maximum Gasteiger partial charge on any atom is 0.242 e. The molecular weight excluding hydrogens is 366 g/mol. The number of hydrogen-bond acceptors (Lipinski definition) is 4. The molecule has 2 N–H and O–H groups in total. The van der Waals surface area contributed by atoms with E-state index in [1.54, 1.807) is 7.11 Å². The number of carbonyl (C=O) groups is 2. The van der Waals surface area contributed by atoms with Gasteiger partial charge in [0.05, 0.1) is 19.1 Å². The molecule has 0 unspecified atom stereocenters. The smallest absolute Gasteiger partial charge is 0.242 e. The minimum Gasteiger partial charge on any atom is -0.497 e. The summed E-state index contributed by atoms with van der Waals surface area (Å²) in [6.07, 6.45) is 5.13. The Hall–Kier alpha value is -1.79. The molecule has 1 heterocycles. The fraction of sp³-hybridized carbons (Fsp3) is 0.600. The third kappa shape index (κ3) is 5.14. The van der Waals surface area contributed by atoms with Gasteiger partial charge in [0.25, 0.3) is 0 Å². The van der Waals surface area contributed by atoms with Crippen molar-refractivity contribution in [3.8, 4) is 5.75 Å². The van der Waals surface area contributed by atoms with Crippen molar-refractivity contribution in [2.45, 2.75) is 44.1 Å². The number of ether oxygens (including phenoxy) is 1. The SMILES string of the molecule is COc1cccc(CC(=O)N2CCN(C(=O)C3(N)CCCCC3)CC2)c1.Cl. The molecule has 0 spiro atoms. The van der Waals surface area contributed by atoms with E-state index in [-0.39, 0.29) is 24.2 Å². The van der Waals surface area contributed by atoms with E-state index in [0.717, 1.165) is 37.0 Å². The molecule has 0 atom stereocenters. The van der Waals surface area contributed by atoms with E-state index in [0.29, 0.717) is 32.6 Å². The second-order valence-corrected chi connectivity index (χ2v) is 7.42. The summed E-state index contributed by atoms with van der Waals surface area (Å²) >= 11 is 0. The van der Waals surface area contributed by atoms with Gasteiger partial charge < -0.3 is 20.3 Å². The van der Waals surface area contributed by atoms with Gasteiger partial charge in [-0.2, -0.15) is 0 Å². The maximum absolute atomic E-state index is 12.8. The van der Waals surface area contributed by atoms with Crippen molar-refractivity contribution in [3.63, 3.8) is 0 Å². The number of methoxy groups -OCH3 is 1. The van der Waals surface area contributed by atoms with E-state index in [1.165, 1.54) is 6.42 Å². The van der Waals surface area contributed by atoms with Gasteiger partial charge in [-0.1, -0.05) is 31.4 Å². The molecule has 1 aliphatic heterocycles. The normalized spacial score (nSPS) is 19.2. The van der Waals surface area contributed by atoms with Gasteiger partial charge in [0.15, 0.2) is 0 Å². The summed E-state index contributed by atoms with van der Waals surface area (Å²) in [5.74, 6) is 0.911. The van der Waals surface area contributed by atoms with Crippen molar-refractivity contribution in [1.29, 1.82) is 0 Å². The van der Waals surface area contributed by atoms with Gasteiger partial charge in [0, 0.05) is 26.2 Å². The Morgan fingerprint density at radius 3 is 2.33 bits per heavy atom. The number of carbonyl (C=O) groups excluding carboxylic acids is 2. The number of nitrogens with zero attached hydrogens (tertiary/aromatic N) is 2. The number of benzene rings is 1. The Labute approximate surface area is 167 Å². The summed E-state index contributed by atoms with van der Waals surface area (Å²) in [6, 6.07) is 7.58. The summed E-state index contributed by atoms with van der Waals surface area (Å²) in [5.41, 5.74) is 6.63. The van der Waals surface area contributed by atoms with Crippen LogP contribution in [0.3, 0.4) is 0 Å². The molecule has 1 saturated carbocycles. The molecule has 0 radical (unpaired) electrons. The molecule has 6 nitrogen and oxygen atoms in total. The van der Waals surface area contributed by atoms with Crippen molar-refractivity contribution < 1.29 is 14.3 Å². The first-order chi connectivity index (χ1) is 12.5. The average Bonchev–Trinajstić information content (AvgIpc) is 2.68. The lowest BCUT2D eigenvalue weighted by molar-refractivity contribution is -0.143. The van der Waals surface area contributed by atoms with Gasteiger partial charge in [0.2, 0.25) is 11.8 Å². The standard InChI is InChI=1S/C20H29N3O3.ClH/c1-26-17-7-5-6-16(14-17)15-18(24)22-10-12-23(13-11-22)19(25)20(21)8-3-2-4-9-20;/h5-7,14H,2-4,8-13,15,21H2,1H3;1H. The fourth-order valence-corrected chi connectivity index (χ4v) is 3.94. The molecule has 2 fully saturated rings. The Balaban J connectivity index is 0.00000261. The van der Waals surface area contributed by atoms with Crippen LogP contribution in [-0.2, 0) is 16.0 Å². The maximum atomic E-state index is 12.8. The number of nitrogens with two attached hydrogens (primary N) is 1. The Morgan fingerprint density at radius 1 is 1.07 bits per heavy atom. The Bertz CT molecular complexity index is 654. The van der Waals surface area contributed by atoms with Crippen molar-refractivity contribution in [1.82, 2.24) is 9.80 Å². The molecule has 0 aromatic heterocycles. The average molecular weight is 396 g/mol. The number of rotatable bonds is 4. The van der Waals surface area contributed by atoms with Crippen LogP contribution in [0.1, 0.15) is 37.7 Å². The second kappa shape index (κ2) is 9.42. The molecule has 2 aliphatic rings. The van der Waals surface area contributed by atoms with Crippen molar-refractivity contribution >= 4 is 24.2 Å². The Kier molecular flexibility index (Phi) is 7.50. The van der Waals surface area contributed by atoms with Crippen LogP contribution in [0.2, 0.25) is 0 Å². The van der Waals surface area contributed by atoms with E-state index in [4.69, 9.17) is 10.5 Å². The van der Waals surface area contributed by atoms with Crippen LogP contribution < -0.4 is 10.5 Å². The fourth-order valence-electron chi connectivity index (χ4n) is 3.94. The van der Waals surface area contributed by atoms with E-state index < -0.39 is 5.54 Å². The van der Waals surface area contributed by atoms with Crippen molar-refractivity contribution in [3.05, 3.63) is 29.8 Å². The molecule has 1 aromatic rings. The number of hydrogen-bond donors (Lipinski definition) is 1. The zero-order chi connectivity index (χ0) is 18.6. The van der Waals surface area contributed by atoms with Gasteiger partial charge >= 0.3 is 0 Å². The van der Waals surface area contributed by atoms with Crippen LogP contribution in [-0.4, -0.2) is 60.4 Å². The first-order valence-electron chi connectivity index (χ1n) is 9.51. The highest BCUT2D eigenvalue weighted by Crippen LogP contribution is 2.28. The van der Waals surface area contributed by atoms with Crippen molar-refractivity contribution in [2.24, 2.45) is 5.73 Å². The van der Waals surface area contributed by atoms with Crippen LogP contribution in [0.4, 0.5) is 0 Å². The van der Waals surface area contributed by atoms with Crippen LogP contribution >= 0.6 is 12.4 Å². The quantitative estimate of drug-likeness (QED) is 0.845. The van der Waals surface area contributed by atoms with Gasteiger partial charge in [-0.3, -0.25) is 9.59 Å². The van der Waals surface area contributed by atoms with Crippen molar-refractivity contribution in [2.75, 3.05) is 33.3 Å². The van der Waals surface area contributed by atoms with Gasteiger partial charge in [0.1, 0.15) is 5.75 Å². The monoisotopic (exact) mass is 395 g/mol. The third-order valence-electron chi connectivity index (χ3n) is 5.58. The lowest BCUT2D eigenvalue weighted by Gasteiger charge is -2.41. The predicted molar refractivity (Wildman–Crippen MR) is 107 cm³/mol. The topological polar surface area (TPSA) is 75.9 Å². The summed E-state index contributed by atoms with van der Waals surface area (Å²) in [5, 5.41) is 0. The van der Waals surface area contributed by atoms with Crippen LogP contribution in [0.15, 0.2) is 24.3 Å². The Morgan fingerprint density at radius 2 is 1.70 bits per heavy atom. The van der Waals surface area contributed by atoms with Crippen LogP contribution in [0.25, 0.3) is 0 Å². The van der Waals surface area contributed by atoms with Gasteiger partial charge in [-0.05, 0) is 30.5 Å². The highest BCUT2D eigenvalue weighted by atomic mass is 35.5. The minimum atomic E-state index is -0.689.